The molecule has 0 bridgehead atoms. The van der Waals surface area contributed by atoms with E-state index in [0.717, 1.165) is 11.3 Å². The largest absolute Gasteiger partial charge is 0.497 e. The lowest BCUT2D eigenvalue weighted by Crippen LogP contribution is -2.27. The lowest BCUT2D eigenvalue weighted by atomic mass is 10.2. The van der Waals surface area contributed by atoms with Crippen LogP contribution in [0, 0.1) is 10.1 Å². The number of amides is 2. The normalized spacial score (nSPS) is 10.5. The SMILES string of the molecule is COc1cc(OC)cc(C(=O)NCCC(=O)Nc2nc3ccc([N+](=O)[O-])cc3s2)c1. The molecule has 0 atom stereocenters. The average Bonchev–Trinajstić information content (AvgIpc) is 3.14. The third-order valence-electron chi connectivity index (χ3n) is 4.08. The molecule has 2 aromatic carbocycles. The van der Waals surface area contributed by atoms with Crippen LogP contribution in [-0.4, -0.2) is 42.5 Å². The Morgan fingerprint density at radius 2 is 1.83 bits per heavy atom. The number of nitrogens with one attached hydrogen (secondary N) is 2. The molecule has 2 N–H and O–H groups in total. The van der Waals surface area contributed by atoms with Crippen molar-refractivity contribution in [1.29, 1.82) is 0 Å². The molecule has 11 heteroatoms. The summed E-state index contributed by atoms with van der Waals surface area (Å²) in [5.74, 6) is 0.251. The molecular formula is C19H18N4O6S. The van der Waals surface area contributed by atoms with Crippen molar-refractivity contribution in [3.05, 3.63) is 52.1 Å². The zero-order valence-electron chi connectivity index (χ0n) is 16.1. The number of nitro groups is 1. The topological polar surface area (TPSA) is 133 Å². The smallest absolute Gasteiger partial charge is 0.270 e. The van der Waals surface area contributed by atoms with Crippen LogP contribution >= 0.6 is 11.3 Å². The maximum Gasteiger partial charge on any atom is 0.270 e. The van der Waals surface area contributed by atoms with Crippen molar-refractivity contribution in [2.45, 2.75) is 6.42 Å². The molecule has 0 saturated carbocycles. The van der Waals surface area contributed by atoms with Crippen molar-refractivity contribution in [3.63, 3.8) is 0 Å². The Morgan fingerprint density at radius 1 is 1.13 bits per heavy atom. The van der Waals surface area contributed by atoms with E-state index in [0.29, 0.717) is 32.4 Å². The van der Waals surface area contributed by atoms with Crippen LogP contribution < -0.4 is 20.1 Å². The first kappa shape index (κ1) is 21.0. The highest BCUT2D eigenvalue weighted by Crippen LogP contribution is 2.29. The summed E-state index contributed by atoms with van der Waals surface area (Å²) in [6.45, 7) is 0.112. The van der Waals surface area contributed by atoms with E-state index >= 15 is 0 Å². The van der Waals surface area contributed by atoms with E-state index in [2.05, 4.69) is 15.6 Å². The van der Waals surface area contributed by atoms with E-state index in [4.69, 9.17) is 9.47 Å². The summed E-state index contributed by atoms with van der Waals surface area (Å²) in [5, 5.41) is 16.5. The van der Waals surface area contributed by atoms with Gasteiger partial charge in [0.25, 0.3) is 11.6 Å². The summed E-state index contributed by atoms with van der Waals surface area (Å²) in [6, 6.07) is 9.08. The Balaban J connectivity index is 1.55. The molecule has 0 aliphatic rings. The summed E-state index contributed by atoms with van der Waals surface area (Å²) in [5.41, 5.74) is 0.862. The minimum atomic E-state index is -0.488. The molecule has 3 rings (SSSR count). The molecule has 0 fully saturated rings. The maximum absolute atomic E-state index is 12.3. The van der Waals surface area contributed by atoms with Crippen LogP contribution in [0.25, 0.3) is 10.2 Å². The standard InChI is InChI=1S/C19H18N4O6S/c1-28-13-7-11(8-14(10-13)29-2)18(25)20-6-5-17(24)22-19-21-15-4-3-12(23(26)27)9-16(15)30-19/h3-4,7-10H,5-6H2,1-2H3,(H,20,25)(H,21,22,24). The number of benzene rings is 2. The Kier molecular flexibility index (Phi) is 6.42. The van der Waals surface area contributed by atoms with E-state index in [-0.39, 0.29) is 30.5 Å². The second kappa shape index (κ2) is 9.18. The van der Waals surface area contributed by atoms with Gasteiger partial charge in [-0.3, -0.25) is 19.7 Å². The molecule has 2 amide bonds. The first-order valence-corrected chi connectivity index (χ1v) is 9.57. The van der Waals surface area contributed by atoms with Gasteiger partial charge in [0.15, 0.2) is 5.13 Å². The van der Waals surface area contributed by atoms with Crippen molar-refractivity contribution in [3.8, 4) is 11.5 Å². The minimum absolute atomic E-state index is 0.0307. The molecule has 0 radical (unpaired) electrons. The van der Waals surface area contributed by atoms with Gasteiger partial charge in [-0.2, -0.15) is 0 Å². The third kappa shape index (κ3) is 5.00. The number of non-ortho nitro benzene ring substituents is 1. The van der Waals surface area contributed by atoms with Gasteiger partial charge in [0.1, 0.15) is 11.5 Å². The second-order valence-electron chi connectivity index (χ2n) is 6.08. The quantitative estimate of drug-likeness (QED) is 0.415. The number of ether oxygens (including phenoxy) is 2. The molecular weight excluding hydrogens is 412 g/mol. The number of nitro benzene ring substituents is 1. The molecule has 1 aromatic heterocycles. The fourth-order valence-corrected chi connectivity index (χ4v) is 3.51. The number of anilines is 1. The average molecular weight is 430 g/mol. The van der Waals surface area contributed by atoms with Gasteiger partial charge in [0.05, 0.1) is 29.4 Å². The van der Waals surface area contributed by atoms with Gasteiger partial charge in [0, 0.05) is 36.7 Å². The van der Waals surface area contributed by atoms with Gasteiger partial charge in [-0.1, -0.05) is 11.3 Å². The Morgan fingerprint density at radius 3 is 2.47 bits per heavy atom. The second-order valence-corrected chi connectivity index (χ2v) is 7.11. The third-order valence-corrected chi connectivity index (χ3v) is 5.01. The molecule has 156 valence electrons. The number of carbonyl (C=O) groups is 2. The summed E-state index contributed by atoms with van der Waals surface area (Å²) in [6.07, 6.45) is 0.0307. The highest BCUT2D eigenvalue weighted by Gasteiger charge is 2.13. The van der Waals surface area contributed by atoms with Crippen molar-refractivity contribution in [2.75, 3.05) is 26.1 Å². The van der Waals surface area contributed by atoms with E-state index in [1.54, 1.807) is 18.2 Å². The predicted octanol–water partition coefficient (Wildman–Crippen LogP) is 2.98. The number of methoxy groups -OCH3 is 2. The van der Waals surface area contributed by atoms with Gasteiger partial charge in [-0.15, -0.1) is 0 Å². The Hall–Kier alpha value is -3.73. The van der Waals surface area contributed by atoms with Gasteiger partial charge in [0.2, 0.25) is 5.91 Å². The van der Waals surface area contributed by atoms with Crippen LogP contribution in [0.5, 0.6) is 11.5 Å². The van der Waals surface area contributed by atoms with Crippen LogP contribution in [0.1, 0.15) is 16.8 Å². The van der Waals surface area contributed by atoms with Crippen molar-refractivity contribution in [2.24, 2.45) is 0 Å². The van der Waals surface area contributed by atoms with E-state index in [9.17, 15) is 19.7 Å². The van der Waals surface area contributed by atoms with Crippen molar-refractivity contribution < 1.29 is 24.0 Å². The molecule has 0 aliphatic carbocycles. The van der Waals surface area contributed by atoms with Crippen molar-refractivity contribution in [1.82, 2.24) is 10.3 Å². The zero-order chi connectivity index (χ0) is 21.7. The fourth-order valence-electron chi connectivity index (χ4n) is 2.59. The monoisotopic (exact) mass is 430 g/mol. The molecule has 0 unspecified atom stereocenters. The van der Waals surface area contributed by atoms with Crippen LogP contribution in [0.2, 0.25) is 0 Å². The highest BCUT2D eigenvalue weighted by atomic mass is 32.1. The first-order chi connectivity index (χ1) is 14.4. The summed E-state index contributed by atoms with van der Waals surface area (Å²) in [7, 11) is 2.97. The van der Waals surface area contributed by atoms with Gasteiger partial charge in [-0.25, -0.2) is 4.98 Å². The van der Waals surface area contributed by atoms with E-state index in [1.807, 2.05) is 0 Å². The first-order valence-electron chi connectivity index (χ1n) is 8.75. The molecule has 0 saturated heterocycles. The van der Waals surface area contributed by atoms with Crippen LogP contribution in [-0.2, 0) is 4.79 Å². The summed E-state index contributed by atoms with van der Waals surface area (Å²) >= 11 is 1.14. The molecule has 30 heavy (non-hydrogen) atoms. The van der Waals surface area contributed by atoms with E-state index < -0.39 is 4.92 Å². The molecule has 0 spiro atoms. The molecule has 1 heterocycles. The molecule has 0 aliphatic heterocycles. The molecule has 3 aromatic rings. The lowest BCUT2D eigenvalue weighted by molar-refractivity contribution is -0.384. The number of aromatic nitrogens is 1. The minimum Gasteiger partial charge on any atom is -0.497 e. The van der Waals surface area contributed by atoms with Crippen molar-refractivity contribution >= 4 is 44.2 Å². The summed E-state index contributed by atoms with van der Waals surface area (Å²) in [4.78, 5) is 39.0. The van der Waals surface area contributed by atoms with Crippen LogP contribution in [0.3, 0.4) is 0 Å². The zero-order valence-corrected chi connectivity index (χ0v) is 16.9. The lowest BCUT2D eigenvalue weighted by Gasteiger charge is -2.09. The van der Waals surface area contributed by atoms with Crippen LogP contribution in [0.4, 0.5) is 10.8 Å². The molecule has 10 nitrogen and oxygen atoms in total. The number of rotatable bonds is 8. The fraction of sp³-hybridized carbons (Fsp3) is 0.211. The van der Waals surface area contributed by atoms with Crippen LogP contribution in [0.15, 0.2) is 36.4 Å². The number of fused-ring (bicyclic) bond motifs is 1. The maximum atomic E-state index is 12.3. The number of thiazole rings is 1. The van der Waals surface area contributed by atoms with Gasteiger partial charge >= 0.3 is 0 Å². The van der Waals surface area contributed by atoms with Gasteiger partial charge in [-0.05, 0) is 18.2 Å². The van der Waals surface area contributed by atoms with E-state index in [1.165, 1.54) is 32.4 Å². The van der Waals surface area contributed by atoms with Gasteiger partial charge < -0.3 is 20.1 Å². The summed E-state index contributed by atoms with van der Waals surface area (Å²) < 4.78 is 10.9. The number of carbonyl (C=O) groups excluding carboxylic acids is 2. The number of hydrogen-bond donors (Lipinski definition) is 2. The highest BCUT2D eigenvalue weighted by molar-refractivity contribution is 7.22. The Labute approximate surface area is 175 Å². The Bertz CT molecular complexity index is 1090. The number of hydrogen-bond acceptors (Lipinski definition) is 8. The predicted molar refractivity (Wildman–Crippen MR) is 111 cm³/mol. The number of nitrogens with zero attached hydrogens (tertiary/aromatic N) is 2.